The number of benzene rings is 1. The summed E-state index contributed by atoms with van der Waals surface area (Å²) in [7, 11) is 1.88. The highest BCUT2D eigenvalue weighted by Gasteiger charge is 2.40. The molecule has 1 aliphatic rings. The zero-order chi connectivity index (χ0) is 11.0. The average Bonchev–Trinajstić information content (AvgIpc) is 2.88. The molecule has 1 nitrogen and oxygen atoms in total. The van der Waals surface area contributed by atoms with E-state index < -0.39 is 0 Å². The van der Waals surface area contributed by atoms with Crippen molar-refractivity contribution in [2.24, 2.45) is 11.8 Å². The topological polar surface area (TPSA) is 12.0 Å². The van der Waals surface area contributed by atoms with Crippen molar-refractivity contribution in [3.05, 3.63) is 34.6 Å². The van der Waals surface area contributed by atoms with Gasteiger partial charge < -0.3 is 5.32 Å². The molecular formula is C12H15ClFN. The van der Waals surface area contributed by atoms with Crippen molar-refractivity contribution in [1.82, 2.24) is 5.32 Å². The van der Waals surface area contributed by atoms with Gasteiger partial charge in [-0.2, -0.15) is 0 Å². The highest BCUT2D eigenvalue weighted by Crippen LogP contribution is 2.47. The zero-order valence-electron chi connectivity index (χ0n) is 8.93. The fourth-order valence-corrected chi connectivity index (χ4v) is 2.33. The maximum absolute atomic E-state index is 13.7. The lowest BCUT2D eigenvalue weighted by Crippen LogP contribution is -2.20. The SMILES string of the molecule is CNC(c1ccc(Cl)cc1F)C1CC1C. The van der Waals surface area contributed by atoms with E-state index in [2.05, 4.69) is 12.2 Å². The van der Waals surface area contributed by atoms with Gasteiger partial charge in [0.2, 0.25) is 0 Å². The molecule has 1 aromatic carbocycles. The second-order valence-electron chi connectivity index (χ2n) is 4.31. The molecule has 3 heteroatoms. The fourth-order valence-electron chi connectivity index (χ4n) is 2.17. The third-order valence-electron chi connectivity index (χ3n) is 3.21. The summed E-state index contributed by atoms with van der Waals surface area (Å²) >= 11 is 5.73. The summed E-state index contributed by atoms with van der Waals surface area (Å²) in [6.07, 6.45) is 1.17. The Morgan fingerprint density at radius 2 is 2.20 bits per heavy atom. The van der Waals surface area contributed by atoms with Crippen LogP contribution >= 0.6 is 11.6 Å². The molecule has 3 unspecified atom stereocenters. The highest BCUT2D eigenvalue weighted by atomic mass is 35.5. The quantitative estimate of drug-likeness (QED) is 0.835. The number of hydrogen-bond acceptors (Lipinski definition) is 1. The lowest BCUT2D eigenvalue weighted by atomic mass is 10.0. The molecule has 0 amide bonds. The smallest absolute Gasteiger partial charge is 0.129 e. The zero-order valence-corrected chi connectivity index (χ0v) is 9.68. The first kappa shape index (κ1) is 10.9. The van der Waals surface area contributed by atoms with Gasteiger partial charge in [-0.1, -0.05) is 24.6 Å². The molecule has 0 saturated heterocycles. The van der Waals surface area contributed by atoms with Crippen LogP contribution in [-0.2, 0) is 0 Å². The van der Waals surface area contributed by atoms with Gasteiger partial charge in [0.05, 0.1) is 0 Å². The van der Waals surface area contributed by atoms with Crippen LogP contribution in [0.5, 0.6) is 0 Å². The van der Waals surface area contributed by atoms with Crippen molar-refractivity contribution in [3.63, 3.8) is 0 Å². The van der Waals surface area contributed by atoms with Gasteiger partial charge >= 0.3 is 0 Å². The maximum Gasteiger partial charge on any atom is 0.129 e. The first-order valence-corrected chi connectivity index (χ1v) is 5.63. The first-order valence-electron chi connectivity index (χ1n) is 5.25. The van der Waals surface area contributed by atoms with Crippen LogP contribution in [0, 0.1) is 17.7 Å². The molecule has 82 valence electrons. The van der Waals surface area contributed by atoms with Crippen LogP contribution in [0.15, 0.2) is 18.2 Å². The van der Waals surface area contributed by atoms with Crippen molar-refractivity contribution < 1.29 is 4.39 Å². The van der Waals surface area contributed by atoms with Crippen molar-refractivity contribution >= 4 is 11.6 Å². The second-order valence-corrected chi connectivity index (χ2v) is 4.75. The fraction of sp³-hybridized carbons (Fsp3) is 0.500. The van der Waals surface area contributed by atoms with Crippen LogP contribution < -0.4 is 5.32 Å². The Bertz CT molecular complexity index is 367. The van der Waals surface area contributed by atoms with Gasteiger partial charge in [-0.05, 0) is 37.4 Å². The molecule has 0 heterocycles. The largest absolute Gasteiger partial charge is 0.313 e. The molecule has 3 atom stereocenters. The minimum absolute atomic E-state index is 0.122. The molecule has 0 aromatic heterocycles. The predicted octanol–water partition coefficient (Wildman–Crippen LogP) is 3.40. The van der Waals surface area contributed by atoms with Crippen LogP contribution in [0.1, 0.15) is 24.9 Å². The third kappa shape index (κ3) is 2.16. The minimum atomic E-state index is -0.207. The van der Waals surface area contributed by atoms with Crippen LogP contribution in [0.4, 0.5) is 4.39 Å². The van der Waals surface area contributed by atoms with E-state index in [0.717, 1.165) is 5.56 Å². The standard InChI is InChI=1S/C12H15ClFN/c1-7-5-10(7)12(15-2)9-4-3-8(13)6-11(9)14/h3-4,6-7,10,12,15H,5H2,1-2H3. The van der Waals surface area contributed by atoms with Crippen LogP contribution in [-0.4, -0.2) is 7.05 Å². The Labute approximate surface area is 94.6 Å². The summed E-state index contributed by atoms with van der Waals surface area (Å²) < 4.78 is 13.7. The average molecular weight is 228 g/mol. The van der Waals surface area contributed by atoms with Crippen LogP contribution in [0.2, 0.25) is 5.02 Å². The molecule has 0 radical (unpaired) electrons. The summed E-state index contributed by atoms with van der Waals surface area (Å²) in [5.74, 6) is 1.05. The van der Waals surface area contributed by atoms with Crippen LogP contribution in [0.3, 0.4) is 0 Å². The van der Waals surface area contributed by atoms with Crippen molar-refractivity contribution in [1.29, 1.82) is 0 Å². The van der Waals surface area contributed by atoms with Gasteiger partial charge in [0.15, 0.2) is 0 Å². The van der Waals surface area contributed by atoms with E-state index in [1.54, 1.807) is 12.1 Å². The van der Waals surface area contributed by atoms with Gasteiger partial charge in [0.25, 0.3) is 0 Å². The summed E-state index contributed by atoms with van der Waals surface area (Å²) in [4.78, 5) is 0. The molecule has 15 heavy (non-hydrogen) atoms. The molecule has 0 bridgehead atoms. The monoisotopic (exact) mass is 227 g/mol. The molecule has 1 aliphatic carbocycles. The van der Waals surface area contributed by atoms with E-state index in [9.17, 15) is 4.39 Å². The molecule has 0 spiro atoms. The van der Waals surface area contributed by atoms with Gasteiger partial charge in [-0.3, -0.25) is 0 Å². The van der Waals surface area contributed by atoms with E-state index in [0.29, 0.717) is 16.9 Å². The number of halogens is 2. The number of nitrogens with one attached hydrogen (secondary N) is 1. The van der Waals surface area contributed by atoms with Crippen molar-refractivity contribution in [2.75, 3.05) is 7.05 Å². The lowest BCUT2D eigenvalue weighted by Gasteiger charge is -2.17. The van der Waals surface area contributed by atoms with E-state index in [1.807, 2.05) is 7.05 Å². The number of hydrogen-bond donors (Lipinski definition) is 1. The molecule has 2 rings (SSSR count). The van der Waals surface area contributed by atoms with Crippen LogP contribution in [0.25, 0.3) is 0 Å². The van der Waals surface area contributed by atoms with Crippen molar-refractivity contribution in [2.45, 2.75) is 19.4 Å². The summed E-state index contributed by atoms with van der Waals surface area (Å²) in [6.45, 7) is 2.20. The summed E-state index contributed by atoms with van der Waals surface area (Å²) in [6, 6.07) is 5.03. The normalized spacial score (nSPS) is 26.4. The minimum Gasteiger partial charge on any atom is -0.313 e. The molecule has 1 aromatic rings. The van der Waals surface area contributed by atoms with E-state index in [4.69, 9.17) is 11.6 Å². The summed E-state index contributed by atoms with van der Waals surface area (Å²) in [5.41, 5.74) is 0.733. The Morgan fingerprint density at radius 3 is 2.67 bits per heavy atom. The Balaban J connectivity index is 2.26. The molecule has 1 fully saturated rings. The molecule has 1 saturated carbocycles. The van der Waals surface area contributed by atoms with Gasteiger partial charge in [0, 0.05) is 16.6 Å². The first-order chi connectivity index (χ1) is 7.13. The maximum atomic E-state index is 13.7. The van der Waals surface area contributed by atoms with E-state index in [-0.39, 0.29) is 11.9 Å². The molecule has 0 aliphatic heterocycles. The highest BCUT2D eigenvalue weighted by molar-refractivity contribution is 6.30. The van der Waals surface area contributed by atoms with Gasteiger partial charge in [-0.15, -0.1) is 0 Å². The Morgan fingerprint density at radius 1 is 1.53 bits per heavy atom. The Kier molecular flexibility index (Phi) is 2.98. The summed E-state index contributed by atoms with van der Waals surface area (Å²) in [5, 5.41) is 3.64. The number of rotatable bonds is 3. The third-order valence-corrected chi connectivity index (χ3v) is 3.44. The lowest BCUT2D eigenvalue weighted by molar-refractivity contribution is 0.475. The van der Waals surface area contributed by atoms with E-state index in [1.165, 1.54) is 12.5 Å². The Hall–Kier alpha value is -0.600. The van der Waals surface area contributed by atoms with Crippen molar-refractivity contribution in [3.8, 4) is 0 Å². The van der Waals surface area contributed by atoms with Gasteiger partial charge in [-0.25, -0.2) is 4.39 Å². The predicted molar refractivity (Wildman–Crippen MR) is 60.5 cm³/mol. The van der Waals surface area contributed by atoms with Gasteiger partial charge in [0.1, 0.15) is 5.82 Å². The molecule has 1 N–H and O–H groups in total. The van der Waals surface area contributed by atoms with E-state index >= 15 is 0 Å². The second kappa shape index (κ2) is 4.11. The molecular weight excluding hydrogens is 213 g/mol.